The van der Waals surface area contributed by atoms with E-state index in [1.165, 1.54) is 6.92 Å². The summed E-state index contributed by atoms with van der Waals surface area (Å²) in [7, 11) is 0. The van der Waals surface area contributed by atoms with Crippen LogP contribution in [0.5, 0.6) is 0 Å². The molecule has 2 N–H and O–H groups in total. The molecule has 0 saturated heterocycles. The molecule has 2 rings (SSSR count). The van der Waals surface area contributed by atoms with Crippen molar-refractivity contribution in [1.29, 1.82) is 0 Å². The topological polar surface area (TPSA) is 58.2 Å². The number of rotatable bonds is 6. The molecular weight excluding hydrogens is 412 g/mol. The van der Waals surface area contributed by atoms with Crippen LogP contribution < -0.4 is 10.6 Å². The Morgan fingerprint density at radius 3 is 2.58 bits per heavy atom. The lowest BCUT2D eigenvalue weighted by Crippen LogP contribution is -2.13. The summed E-state index contributed by atoms with van der Waals surface area (Å²) in [6.07, 6.45) is 0.371. The van der Waals surface area contributed by atoms with Crippen molar-refractivity contribution in [1.82, 2.24) is 0 Å². The molecule has 0 unspecified atom stereocenters. The molecule has 0 heterocycles. The number of hydrogen-bond donors (Lipinski definition) is 2. The molecule has 0 saturated carbocycles. The summed E-state index contributed by atoms with van der Waals surface area (Å²) in [6.45, 7) is 1.42. The molecule has 0 aliphatic carbocycles. The van der Waals surface area contributed by atoms with Gasteiger partial charge in [-0.15, -0.1) is 11.8 Å². The van der Waals surface area contributed by atoms with E-state index in [1.807, 2.05) is 24.3 Å². The summed E-state index contributed by atoms with van der Waals surface area (Å²) in [4.78, 5) is 24.2. The van der Waals surface area contributed by atoms with Gasteiger partial charge in [0.15, 0.2) is 0 Å². The predicted molar refractivity (Wildman–Crippen MR) is 104 cm³/mol. The second-order valence-electron chi connectivity index (χ2n) is 4.95. The molecule has 0 aliphatic rings. The van der Waals surface area contributed by atoms with Gasteiger partial charge in [-0.2, -0.15) is 0 Å². The highest BCUT2D eigenvalue weighted by Gasteiger charge is 2.08. The molecule has 2 amide bonds. The molecule has 0 bridgehead atoms. The van der Waals surface area contributed by atoms with Gasteiger partial charge in [0, 0.05) is 34.2 Å². The molecule has 0 atom stereocenters. The minimum absolute atomic E-state index is 0.108. The fraction of sp³-hybridized carbons (Fsp3) is 0.176. The molecule has 2 aromatic rings. The molecule has 0 radical (unpaired) electrons. The first-order valence-electron chi connectivity index (χ1n) is 7.20. The van der Waals surface area contributed by atoms with Crippen LogP contribution in [-0.4, -0.2) is 17.6 Å². The molecule has 7 heteroatoms. The number of hydrogen-bond acceptors (Lipinski definition) is 3. The van der Waals surface area contributed by atoms with Gasteiger partial charge in [0.05, 0.1) is 10.7 Å². The van der Waals surface area contributed by atoms with Crippen LogP contribution in [0.15, 0.2) is 51.8 Å². The molecule has 4 nitrogen and oxygen atoms in total. The van der Waals surface area contributed by atoms with Gasteiger partial charge in [0.1, 0.15) is 0 Å². The Morgan fingerprint density at radius 2 is 1.92 bits per heavy atom. The lowest BCUT2D eigenvalue weighted by atomic mass is 10.2. The second-order valence-corrected chi connectivity index (χ2v) is 7.35. The van der Waals surface area contributed by atoms with Gasteiger partial charge in [-0.3, -0.25) is 9.59 Å². The SMILES string of the molecule is CC(=O)Nc1ccc(NC(=O)CCSc2ccccc2Br)c(Cl)c1. The first-order chi connectivity index (χ1) is 11.5. The Morgan fingerprint density at radius 1 is 1.17 bits per heavy atom. The minimum atomic E-state index is -0.174. The van der Waals surface area contributed by atoms with Gasteiger partial charge in [-0.05, 0) is 46.3 Å². The maximum atomic E-state index is 12.0. The smallest absolute Gasteiger partial charge is 0.225 e. The Hall–Kier alpha value is -1.50. The monoisotopic (exact) mass is 426 g/mol. The number of anilines is 2. The molecule has 24 heavy (non-hydrogen) atoms. The number of halogens is 2. The molecule has 2 aromatic carbocycles. The average molecular weight is 428 g/mol. The Bertz CT molecular complexity index is 755. The van der Waals surface area contributed by atoms with Gasteiger partial charge < -0.3 is 10.6 Å². The normalized spacial score (nSPS) is 10.3. The standard InChI is InChI=1S/C17H16BrClN2O2S/c1-11(22)20-12-6-7-15(14(19)10-12)21-17(23)8-9-24-16-5-3-2-4-13(16)18/h2-7,10H,8-9H2,1H3,(H,20,22)(H,21,23). The average Bonchev–Trinajstić information content (AvgIpc) is 2.51. The molecule has 0 spiro atoms. The number of carbonyl (C=O) groups is 2. The third-order valence-electron chi connectivity index (χ3n) is 2.99. The highest BCUT2D eigenvalue weighted by atomic mass is 79.9. The summed E-state index contributed by atoms with van der Waals surface area (Å²) in [6, 6.07) is 12.9. The van der Waals surface area contributed by atoms with E-state index in [2.05, 4.69) is 26.6 Å². The maximum Gasteiger partial charge on any atom is 0.225 e. The van der Waals surface area contributed by atoms with Gasteiger partial charge >= 0.3 is 0 Å². The van der Waals surface area contributed by atoms with E-state index < -0.39 is 0 Å². The Labute approximate surface area is 158 Å². The van der Waals surface area contributed by atoms with Crippen LogP contribution in [0.25, 0.3) is 0 Å². The molecular formula is C17H16BrClN2O2S. The van der Waals surface area contributed by atoms with Crippen molar-refractivity contribution in [3.05, 3.63) is 52.0 Å². The number of nitrogens with one attached hydrogen (secondary N) is 2. The quantitative estimate of drug-likeness (QED) is 0.624. The van der Waals surface area contributed by atoms with Crippen LogP contribution in [0.4, 0.5) is 11.4 Å². The van der Waals surface area contributed by atoms with Crippen LogP contribution in [-0.2, 0) is 9.59 Å². The fourth-order valence-corrected chi connectivity index (χ4v) is 3.67. The van der Waals surface area contributed by atoms with E-state index in [0.717, 1.165) is 9.37 Å². The number of thioether (sulfide) groups is 1. The van der Waals surface area contributed by atoms with Crippen molar-refractivity contribution in [3.63, 3.8) is 0 Å². The lowest BCUT2D eigenvalue weighted by molar-refractivity contribution is -0.116. The first-order valence-corrected chi connectivity index (χ1v) is 9.35. The predicted octanol–water partition coefficient (Wildman–Crippen LogP) is 5.18. The zero-order valence-electron chi connectivity index (χ0n) is 12.9. The summed E-state index contributed by atoms with van der Waals surface area (Å²) in [5.74, 6) is 0.381. The van der Waals surface area contributed by atoms with Gasteiger partial charge in [0.25, 0.3) is 0 Å². The minimum Gasteiger partial charge on any atom is -0.326 e. The zero-order valence-corrected chi connectivity index (χ0v) is 16.1. The summed E-state index contributed by atoms with van der Waals surface area (Å²) >= 11 is 11.2. The van der Waals surface area contributed by atoms with Crippen molar-refractivity contribution in [2.75, 3.05) is 16.4 Å². The number of benzene rings is 2. The van der Waals surface area contributed by atoms with E-state index in [0.29, 0.717) is 28.6 Å². The van der Waals surface area contributed by atoms with Gasteiger partial charge in [0.2, 0.25) is 11.8 Å². The third kappa shape index (κ3) is 5.85. The molecule has 126 valence electrons. The Kier molecular flexibility index (Phi) is 7.15. The van der Waals surface area contributed by atoms with Crippen LogP contribution in [0, 0.1) is 0 Å². The zero-order chi connectivity index (χ0) is 17.5. The molecule has 0 aromatic heterocycles. The van der Waals surface area contributed by atoms with Crippen LogP contribution in [0.3, 0.4) is 0 Å². The summed E-state index contributed by atoms with van der Waals surface area (Å²) in [5.41, 5.74) is 1.12. The maximum absolute atomic E-state index is 12.0. The van der Waals surface area contributed by atoms with Crippen molar-refractivity contribution in [2.45, 2.75) is 18.2 Å². The number of amides is 2. The van der Waals surface area contributed by atoms with Crippen molar-refractivity contribution in [3.8, 4) is 0 Å². The van der Waals surface area contributed by atoms with E-state index in [1.54, 1.807) is 30.0 Å². The van der Waals surface area contributed by atoms with E-state index in [9.17, 15) is 9.59 Å². The van der Waals surface area contributed by atoms with Crippen LogP contribution in [0.2, 0.25) is 5.02 Å². The highest BCUT2D eigenvalue weighted by molar-refractivity contribution is 9.10. The Balaban J connectivity index is 1.86. The van der Waals surface area contributed by atoms with E-state index in [4.69, 9.17) is 11.6 Å². The van der Waals surface area contributed by atoms with Crippen LogP contribution >= 0.6 is 39.3 Å². The first kappa shape index (κ1) is 18.8. The van der Waals surface area contributed by atoms with Crippen molar-refractivity contribution >= 4 is 62.5 Å². The lowest BCUT2D eigenvalue weighted by Gasteiger charge is -2.09. The molecule has 0 fully saturated rings. The molecule has 0 aliphatic heterocycles. The van der Waals surface area contributed by atoms with Crippen molar-refractivity contribution < 1.29 is 9.59 Å². The summed E-state index contributed by atoms with van der Waals surface area (Å²) < 4.78 is 1.02. The largest absolute Gasteiger partial charge is 0.326 e. The van der Waals surface area contributed by atoms with Crippen LogP contribution in [0.1, 0.15) is 13.3 Å². The summed E-state index contributed by atoms with van der Waals surface area (Å²) in [5, 5.41) is 5.81. The van der Waals surface area contributed by atoms with Gasteiger partial charge in [-0.1, -0.05) is 23.7 Å². The second kappa shape index (κ2) is 9.11. The highest BCUT2D eigenvalue weighted by Crippen LogP contribution is 2.28. The van der Waals surface area contributed by atoms with Crippen molar-refractivity contribution in [2.24, 2.45) is 0 Å². The van der Waals surface area contributed by atoms with E-state index in [-0.39, 0.29) is 11.8 Å². The van der Waals surface area contributed by atoms with E-state index >= 15 is 0 Å². The van der Waals surface area contributed by atoms with Gasteiger partial charge in [-0.25, -0.2) is 0 Å². The fourth-order valence-electron chi connectivity index (χ4n) is 1.93. The third-order valence-corrected chi connectivity index (χ3v) is 5.33. The number of carbonyl (C=O) groups excluding carboxylic acids is 2.